The van der Waals surface area contributed by atoms with Gasteiger partial charge >= 0.3 is 5.97 Å². The molecule has 1 aliphatic rings. The van der Waals surface area contributed by atoms with Gasteiger partial charge in [0.1, 0.15) is 22.4 Å². The van der Waals surface area contributed by atoms with Crippen molar-refractivity contribution in [2.24, 2.45) is 5.92 Å². The SMILES string of the molecule is O=C(O)c1c(F)ccc2nnn(CC3CCC3)c12. The molecule has 0 amide bonds. The Kier molecular flexibility index (Phi) is 2.50. The van der Waals surface area contributed by atoms with Crippen LogP contribution < -0.4 is 0 Å². The van der Waals surface area contributed by atoms with Crippen LogP contribution in [0.3, 0.4) is 0 Å². The molecular formula is C12H12FN3O2. The van der Waals surface area contributed by atoms with E-state index in [0.717, 1.165) is 18.9 Å². The molecule has 3 rings (SSSR count). The summed E-state index contributed by atoms with van der Waals surface area (Å²) in [4.78, 5) is 11.1. The number of benzene rings is 1. The third kappa shape index (κ3) is 1.64. The average Bonchev–Trinajstić information content (AvgIpc) is 2.66. The van der Waals surface area contributed by atoms with Gasteiger partial charge in [-0.2, -0.15) is 0 Å². The molecule has 0 unspecified atom stereocenters. The third-order valence-corrected chi connectivity index (χ3v) is 3.49. The summed E-state index contributed by atoms with van der Waals surface area (Å²) in [6.07, 6.45) is 3.41. The molecule has 1 heterocycles. The van der Waals surface area contributed by atoms with E-state index in [1.165, 1.54) is 17.2 Å². The summed E-state index contributed by atoms with van der Waals surface area (Å²) in [7, 11) is 0. The van der Waals surface area contributed by atoms with Gasteiger partial charge in [-0.15, -0.1) is 5.10 Å². The Balaban J connectivity index is 2.13. The molecule has 6 heteroatoms. The quantitative estimate of drug-likeness (QED) is 0.904. The lowest BCUT2D eigenvalue weighted by Crippen LogP contribution is -2.19. The highest BCUT2D eigenvalue weighted by Crippen LogP contribution is 2.29. The normalized spacial score (nSPS) is 15.8. The molecule has 0 radical (unpaired) electrons. The fourth-order valence-electron chi connectivity index (χ4n) is 2.30. The number of halogens is 1. The van der Waals surface area contributed by atoms with Crippen LogP contribution in [0.2, 0.25) is 0 Å². The summed E-state index contributed by atoms with van der Waals surface area (Å²) in [5, 5.41) is 16.9. The first-order valence-electron chi connectivity index (χ1n) is 5.92. The highest BCUT2D eigenvalue weighted by molar-refractivity contribution is 6.01. The zero-order valence-corrected chi connectivity index (χ0v) is 9.64. The molecule has 1 aliphatic carbocycles. The summed E-state index contributed by atoms with van der Waals surface area (Å²) in [6, 6.07) is 2.58. The molecule has 0 spiro atoms. The Morgan fingerprint density at radius 1 is 1.50 bits per heavy atom. The number of carbonyl (C=O) groups is 1. The number of aromatic nitrogens is 3. The molecule has 94 valence electrons. The van der Waals surface area contributed by atoms with Crippen LogP contribution in [0.25, 0.3) is 11.0 Å². The Labute approximate surface area is 102 Å². The Morgan fingerprint density at radius 3 is 2.89 bits per heavy atom. The fraction of sp³-hybridized carbons (Fsp3) is 0.417. The van der Waals surface area contributed by atoms with Crippen molar-refractivity contribution in [1.29, 1.82) is 0 Å². The zero-order chi connectivity index (χ0) is 12.7. The highest BCUT2D eigenvalue weighted by atomic mass is 19.1. The van der Waals surface area contributed by atoms with E-state index in [1.54, 1.807) is 0 Å². The molecule has 5 nitrogen and oxygen atoms in total. The predicted molar refractivity (Wildman–Crippen MR) is 61.8 cm³/mol. The van der Waals surface area contributed by atoms with Gasteiger partial charge in [0.25, 0.3) is 0 Å². The Bertz CT molecular complexity index is 619. The van der Waals surface area contributed by atoms with Crippen molar-refractivity contribution in [3.8, 4) is 0 Å². The number of rotatable bonds is 3. The van der Waals surface area contributed by atoms with Crippen molar-refractivity contribution in [1.82, 2.24) is 15.0 Å². The lowest BCUT2D eigenvalue weighted by molar-refractivity contribution is 0.0693. The van der Waals surface area contributed by atoms with E-state index in [-0.39, 0.29) is 11.1 Å². The molecule has 1 aromatic heterocycles. The molecule has 1 N–H and O–H groups in total. The van der Waals surface area contributed by atoms with Crippen molar-refractivity contribution in [3.63, 3.8) is 0 Å². The number of carboxylic acids is 1. The van der Waals surface area contributed by atoms with E-state index in [4.69, 9.17) is 5.11 Å². The smallest absolute Gasteiger partial charge is 0.340 e. The molecule has 0 atom stereocenters. The molecule has 1 saturated carbocycles. The van der Waals surface area contributed by atoms with Crippen molar-refractivity contribution in [2.75, 3.05) is 0 Å². The van der Waals surface area contributed by atoms with Gasteiger partial charge in [-0.25, -0.2) is 13.9 Å². The van der Waals surface area contributed by atoms with Gasteiger partial charge < -0.3 is 5.11 Å². The summed E-state index contributed by atoms with van der Waals surface area (Å²) in [6.45, 7) is 0.611. The number of fused-ring (bicyclic) bond motifs is 1. The average molecular weight is 249 g/mol. The van der Waals surface area contributed by atoms with Gasteiger partial charge in [0.15, 0.2) is 0 Å². The van der Waals surface area contributed by atoms with Gasteiger partial charge in [0.2, 0.25) is 0 Å². The minimum atomic E-state index is -1.28. The molecule has 1 fully saturated rings. The van der Waals surface area contributed by atoms with Crippen LogP contribution in [-0.2, 0) is 6.54 Å². The van der Waals surface area contributed by atoms with Crippen LogP contribution in [0.4, 0.5) is 4.39 Å². The summed E-state index contributed by atoms with van der Waals surface area (Å²) >= 11 is 0. The molecular weight excluding hydrogens is 237 g/mol. The van der Waals surface area contributed by atoms with E-state index in [2.05, 4.69) is 10.3 Å². The fourth-order valence-corrected chi connectivity index (χ4v) is 2.30. The number of hydrogen-bond donors (Lipinski definition) is 1. The zero-order valence-electron chi connectivity index (χ0n) is 9.64. The number of hydrogen-bond acceptors (Lipinski definition) is 3. The van der Waals surface area contributed by atoms with Crippen molar-refractivity contribution in [3.05, 3.63) is 23.5 Å². The van der Waals surface area contributed by atoms with Crippen LogP contribution in [0.1, 0.15) is 29.6 Å². The second kappa shape index (κ2) is 4.04. The number of carboxylic acid groups (broad SMARTS) is 1. The first-order chi connectivity index (χ1) is 8.66. The maximum Gasteiger partial charge on any atom is 0.340 e. The molecule has 18 heavy (non-hydrogen) atoms. The highest BCUT2D eigenvalue weighted by Gasteiger charge is 2.23. The van der Waals surface area contributed by atoms with Crippen LogP contribution in [0, 0.1) is 11.7 Å². The van der Waals surface area contributed by atoms with Gasteiger partial charge in [-0.05, 0) is 30.9 Å². The maximum atomic E-state index is 13.6. The number of nitrogens with zero attached hydrogens (tertiary/aromatic N) is 3. The van der Waals surface area contributed by atoms with Crippen LogP contribution in [-0.4, -0.2) is 26.1 Å². The lowest BCUT2D eigenvalue weighted by Gasteiger charge is -2.25. The van der Waals surface area contributed by atoms with Gasteiger partial charge in [-0.3, -0.25) is 0 Å². The third-order valence-electron chi connectivity index (χ3n) is 3.49. The van der Waals surface area contributed by atoms with Crippen molar-refractivity contribution < 1.29 is 14.3 Å². The van der Waals surface area contributed by atoms with E-state index < -0.39 is 11.8 Å². The summed E-state index contributed by atoms with van der Waals surface area (Å²) in [5.41, 5.74) is 0.374. The van der Waals surface area contributed by atoms with Crippen LogP contribution in [0.15, 0.2) is 12.1 Å². The predicted octanol–water partition coefficient (Wildman–Crippen LogP) is 2.07. The summed E-state index contributed by atoms with van der Waals surface area (Å²) < 4.78 is 15.1. The van der Waals surface area contributed by atoms with Crippen LogP contribution in [0.5, 0.6) is 0 Å². The first-order valence-corrected chi connectivity index (χ1v) is 5.92. The van der Waals surface area contributed by atoms with Crippen LogP contribution >= 0.6 is 0 Å². The lowest BCUT2D eigenvalue weighted by atomic mass is 9.85. The monoisotopic (exact) mass is 249 g/mol. The van der Waals surface area contributed by atoms with E-state index in [9.17, 15) is 9.18 Å². The van der Waals surface area contributed by atoms with E-state index >= 15 is 0 Å². The van der Waals surface area contributed by atoms with Gasteiger partial charge in [0, 0.05) is 6.54 Å². The van der Waals surface area contributed by atoms with E-state index in [1.807, 2.05) is 0 Å². The second-order valence-electron chi connectivity index (χ2n) is 4.66. The van der Waals surface area contributed by atoms with Gasteiger partial charge in [-0.1, -0.05) is 11.6 Å². The topological polar surface area (TPSA) is 68.0 Å². The Morgan fingerprint density at radius 2 is 2.28 bits per heavy atom. The standard InChI is InChI=1S/C12H12FN3O2/c13-8-4-5-9-11(10(8)12(17)18)16(15-14-9)6-7-2-1-3-7/h4-5,7H,1-3,6H2,(H,17,18). The minimum Gasteiger partial charge on any atom is -0.478 e. The maximum absolute atomic E-state index is 13.6. The molecule has 0 saturated heterocycles. The summed E-state index contributed by atoms with van der Waals surface area (Å²) in [5.74, 6) is -1.53. The first kappa shape index (κ1) is 11.1. The van der Waals surface area contributed by atoms with E-state index in [0.29, 0.717) is 18.0 Å². The van der Waals surface area contributed by atoms with Crippen molar-refractivity contribution >= 4 is 17.0 Å². The molecule has 2 aromatic rings. The molecule has 0 aliphatic heterocycles. The van der Waals surface area contributed by atoms with Gasteiger partial charge in [0.05, 0.1) is 0 Å². The molecule has 1 aromatic carbocycles. The number of aromatic carboxylic acids is 1. The molecule has 0 bridgehead atoms. The Hall–Kier alpha value is -1.98. The largest absolute Gasteiger partial charge is 0.478 e. The minimum absolute atomic E-state index is 0.286. The second-order valence-corrected chi connectivity index (χ2v) is 4.66. The van der Waals surface area contributed by atoms with Crippen molar-refractivity contribution in [2.45, 2.75) is 25.8 Å².